The van der Waals surface area contributed by atoms with Gasteiger partial charge in [-0.2, -0.15) is 0 Å². The Hall–Kier alpha value is 0.390. The van der Waals surface area contributed by atoms with Gasteiger partial charge in [-0.05, 0) is 52.8 Å². The van der Waals surface area contributed by atoms with Crippen LogP contribution < -0.4 is 0 Å². The summed E-state index contributed by atoms with van der Waals surface area (Å²) in [5, 5.41) is 0. The smallest absolute Gasteiger partial charge is 0.00384 e. The Labute approximate surface area is 79.3 Å². The van der Waals surface area contributed by atoms with Crippen molar-refractivity contribution >= 4 is 7.92 Å². The van der Waals surface area contributed by atoms with Crippen molar-refractivity contribution in [2.45, 2.75) is 33.2 Å². The van der Waals surface area contributed by atoms with Crippen LogP contribution >= 0.6 is 7.92 Å². The molecule has 0 radical (unpaired) electrons. The molecule has 0 aliphatic rings. The predicted octanol–water partition coefficient (Wildman–Crippen LogP) is 2.85. The molecule has 1 nitrogen and oxygen atoms in total. The largest absolute Gasteiger partial charge is 0.301 e. The highest BCUT2D eigenvalue weighted by atomic mass is 31.1. The molecular formula is C10H24NP. The Balaban J connectivity index is 3.45. The second kappa shape index (κ2) is 6.86. The van der Waals surface area contributed by atoms with E-state index in [1.807, 2.05) is 0 Å². The number of hydrogen-bond donors (Lipinski definition) is 0. The van der Waals surface area contributed by atoms with E-state index in [1.54, 1.807) is 0 Å². The number of hydrogen-bond acceptors (Lipinski definition) is 1. The summed E-state index contributed by atoms with van der Waals surface area (Å²) in [6.45, 7) is 14.0. The standard InChI is InChI=1S/C10H24NP/c1-6-11(10(2)3)8-7-9-12(4)5/h10H,6-9H2,1-5H3. The van der Waals surface area contributed by atoms with Gasteiger partial charge in [0.15, 0.2) is 0 Å². The van der Waals surface area contributed by atoms with Crippen molar-refractivity contribution in [2.24, 2.45) is 0 Å². The zero-order valence-corrected chi connectivity index (χ0v) is 10.2. The normalized spacial score (nSPS) is 12.0. The maximum absolute atomic E-state index is 2.54. The van der Waals surface area contributed by atoms with Crippen molar-refractivity contribution in [3.63, 3.8) is 0 Å². The van der Waals surface area contributed by atoms with Crippen molar-refractivity contribution in [1.82, 2.24) is 4.90 Å². The van der Waals surface area contributed by atoms with E-state index in [1.165, 1.54) is 25.7 Å². The van der Waals surface area contributed by atoms with Gasteiger partial charge in [0.2, 0.25) is 0 Å². The van der Waals surface area contributed by atoms with E-state index >= 15 is 0 Å². The molecule has 0 N–H and O–H groups in total. The molecule has 0 atom stereocenters. The highest BCUT2D eigenvalue weighted by Crippen LogP contribution is 2.24. The second-order valence-corrected chi connectivity index (χ2v) is 6.49. The lowest BCUT2D eigenvalue weighted by molar-refractivity contribution is 0.235. The minimum atomic E-state index is 0.318. The molecule has 0 bridgehead atoms. The summed E-state index contributed by atoms with van der Waals surface area (Å²) in [6, 6.07) is 0.718. The molecular weight excluding hydrogens is 165 g/mol. The van der Waals surface area contributed by atoms with Crippen LogP contribution in [-0.2, 0) is 0 Å². The third-order valence-electron chi connectivity index (χ3n) is 2.19. The van der Waals surface area contributed by atoms with Gasteiger partial charge in [0.25, 0.3) is 0 Å². The molecule has 0 spiro atoms. The van der Waals surface area contributed by atoms with Gasteiger partial charge in [0, 0.05) is 6.04 Å². The van der Waals surface area contributed by atoms with Crippen LogP contribution in [0.15, 0.2) is 0 Å². The van der Waals surface area contributed by atoms with Crippen molar-refractivity contribution in [2.75, 3.05) is 32.6 Å². The monoisotopic (exact) mass is 189 g/mol. The molecule has 0 aliphatic heterocycles. The summed E-state index contributed by atoms with van der Waals surface area (Å²) in [5.74, 6) is 0. The van der Waals surface area contributed by atoms with Gasteiger partial charge in [0.1, 0.15) is 0 Å². The zero-order chi connectivity index (χ0) is 9.56. The third kappa shape index (κ3) is 5.97. The molecule has 0 aromatic carbocycles. The van der Waals surface area contributed by atoms with E-state index < -0.39 is 0 Å². The predicted molar refractivity (Wildman–Crippen MR) is 60.6 cm³/mol. The van der Waals surface area contributed by atoms with Crippen LogP contribution in [0.2, 0.25) is 0 Å². The second-order valence-electron chi connectivity index (χ2n) is 3.88. The van der Waals surface area contributed by atoms with Gasteiger partial charge in [-0.15, -0.1) is 7.92 Å². The molecule has 0 saturated carbocycles. The maximum atomic E-state index is 2.54. The fraction of sp³-hybridized carbons (Fsp3) is 1.00. The summed E-state index contributed by atoms with van der Waals surface area (Å²) in [5.41, 5.74) is 0. The Morgan fingerprint density at radius 2 is 1.83 bits per heavy atom. The zero-order valence-electron chi connectivity index (χ0n) is 9.30. The lowest BCUT2D eigenvalue weighted by Crippen LogP contribution is -2.31. The van der Waals surface area contributed by atoms with Gasteiger partial charge in [-0.1, -0.05) is 6.92 Å². The molecule has 0 saturated heterocycles. The van der Waals surface area contributed by atoms with Gasteiger partial charge in [-0.25, -0.2) is 0 Å². The Bertz CT molecular complexity index is 102. The van der Waals surface area contributed by atoms with Crippen molar-refractivity contribution < 1.29 is 0 Å². The summed E-state index contributed by atoms with van der Waals surface area (Å²) >= 11 is 0. The third-order valence-corrected chi connectivity index (χ3v) is 3.40. The minimum Gasteiger partial charge on any atom is -0.301 e. The molecule has 74 valence electrons. The van der Waals surface area contributed by atoms with E-state index in [0.717, 1.165) is 6.04 Å². The minimum absolute atomic E-state index is 0.318. The fourth-order valence-electron chi connectivity index (χ4n) is 1.37. The molecule has 0 rings (SSSR count). The molecule has 12 heavy (non-hydrogen) atoms. The van der Waals surface area contributed by atoms with Crippen molar-refractivity contribution in [3.8, 4) is 0 Å². The van der Waals surface area contributed by atoms with Crippen molar-refractivity contribution in [3.05, 3.63) is 0 Å². The maximum Gasteiger partial charge on any atom is 0.00384 e. The first-order valence-corrected chi connectivity index (χ1v) is 7.38. The Morgan fingerprint density at radius 1 is 1.25 bits per heavy atom. The molecule has 0 fully saturated rings. The van der Waals surface area contributed by atoms with Crippen LogP contribution in [-0.4, -0.2) is 43.5 Å². The topological polar surface area (TPSA) is 3.24 Å². The lowest BCUT2D eigenvalue weighted by atomic mass is 10.3. The quantitative estimate of drug-likeness (QED) is 0.581. The SMILES string of the molecule is CCN(CCCP(C)C)C(C)C. The van der Waals surface area contributed by atoms with E-state index in [4.69, 9.17) is 0 Å². The van der Waals surface area contributed by atoms with Crippen LogP contribution in [0.3, 0.4) is 0 Å². The Morgan fingerprint density at radius 3 is 2.17 bits per heavy atom. The summed E-state index contributed by atoms with van der Waals surface area (Å²) in [6.07, 6.45) is 2.81. The van der Waals surface area contributed by atoms with Gasteiger partial charge in [0.05, 0.1) is 0 Å². The number of nitrogens with zero attached hydrogens (tertiary/aromatic N) is 1. The average Bonchev–Trinajstić information content (AvgIpc) is 1.96. The molecule has 0 unspecified atom stereocenters. The average molecular weight is 189 g/mol. The molecule has 2 heteroatoms. The Kier molecular flexibility index (Phi) is 7.08. The first-order valence-electron chi connectivity index (χ1n) is 4.96. The highest BCUT2D eigenvalue weighted by molar-refractivity contribution is 7.55. The summed E-state index contributed by atoms with van der Waals surface area (Å²) in [7, 11) is 0.318. The van der Waals surface area contributed by atoms with Crippen LogP contribution in [0.4, 0.5) is 0 Å². The highest BCUT2D eigenvalue weighted by Gasteiger charge is 2.05. The van der Waals surface area contributed by atoms with Crippen LogP contribution in [0.25, 0.3) is 0 Å². The molecule has 0 aliphatic carbocycles. The molecule has 0 aromatic heterocycles. The van der Waals surface area contributed by atoms with Gasteiger partial charge < -0.3 is 4.90 Å². The summed E-state index contributed by atoms with van der Waals surface area (Å²) < 4.78 is 0. The fourth-order valence-corrected chi connectivity index (χ4v) is 2.15. The van der Waals surface area contributed by atoms with Gasteiger partial charge >= 0.3 is 0 Å². The first-order chi connectivity index (χ1) is 5.57. The van der Waals surface area contributed by atoms with E-state index in [0.29, 0.717) is 7.92 Å². The van der Waals surface area contributed by atoms with Gasteiger partial charge in [-0.3, -0.25) is 0 Å². The molecule has 0 aromatic rings. The van der Waals surface area contributed by atoms with Crippen LogP contribution in [0, 0.1) is 0 Å². The van der Waals surface area contributed by atoms with E-state index in [9.17, 15) is 0 Å². The summed E-state index contributed by atoms with van der Waals surface area (Å²) in [4.78, 5) is 2.54. The van der Waals surface area contributed by atoms with Crippen molar-refractivity contribution in [1.29, 1.82) is 0 Å². The van der Waals surface area contributed by atoms with Crippen LogP contribution in [0.1, 0.15) is 27.2 Å². The lowest BCUT2D eigenvalue weighted by Gasteiger charge is -2.24. The van der Waals surface area contributed by atoms with E-state index in [2.05, 4.69) is 39.0 Å². The number of rotatable bonds is 6. The first kappa shape index (κ1) is 12.4. The van der Waals surface area contributed by atoms with Crippen LogP contribution in [0.5, 0.6) is 0 Å². The van der Waals surface area contributed by atoms with E-state index in [-0.39, 0.29) is 0 Å². The molecule has 0 heterocycles. The molecule has 0 amide bonds.